The summed E-state index contributed by atoms with van der Waals surface area (Å²) >= 11 is 0. The molecule has 0 spiro atoms. The fraction of sp³-hybridized carbons (Fsp3) is 1.00. The lowest BCUT2D eigenvalue weighted by Crippen LogP contribution is -2.27. The molecule has 0 aromatic heterocycles. The van der Waals surface area contributed by atoms with E-state index in [9.17, 15) is 5.11 Å². The zero-order valence-electron chi connectivity index (χ0n) is 7.22. The lowest BCUT2D eigenvalue weighted by atomic mass is 9.79. The van der Waals surface area contributed by atoms with Crippen molar-refractivity contribution in [3.63, 3.8) is 0 Å². The summed E-state index contributed by atoms with van der Waals surface area (Å²) in [6.45, 7) is 6.64. The molecule has 0 aromatic carbocycles. The van der Waals surface area contributed by atoms with Gasteiger partial charge in [0.05, 0.1) is 6.10 Å². The molecule has 1 unspecified atom stereocenters. The van der Waals surface area contributed by atoms with Crippen molar-refractivity contribution in [2.75, 3.05) is 0 Å². The van der Waals surface area contributed by atoms with Crippen molar-refractivity contribution in [3.05, 3.63) is 0 Å². The molecule has 2 atom stereocenters. The maximum absolute atomic E-state index is 9.52. The molecule has 1 nitrogen and oxygen atoms in total. The Balaban J connectivity index is 2.55. The molecule has 1 N–H and O–H groups in total. The lowest BCUT2D eigenvalue weighted by Gasteiger charge is -2.29. The standard InChI is InChI=1S/C9H18O/c1-9(2,3)7-5-4-6-8(7)10/h7-8,10H,4-6H2,1-3H3/t7?,8-/m0/s1. The molecule has 60 valence electrons. The first-order chi connectivity index (χ1) is 4.52. The number of hydrogen-bond acceptors (Lipinski definition) is 1. The smallest absolute Gasteiger partial charge is 0.0573 e. The van der Waals surface area contributed by atoms with Gasteiger partial charge in [0.2, 0.25) is 0 Å². The molecular formula is C9H18O. The predicted octanol–water partition coefficient (Wildman–Crippen LogP) is 2.19. The normalized spacial score (nSPS) is 34.8. The fourth-order valence-corrected chi connectivity index (χ4v) is 1.95. The van der Waals surface area contributed by atoms with E-state index < -0.39 is 0 Å². The summed E-state index contributed by atoms with van der Waals surface area (Å²) in [6, 6.07) is 0. The molecule has 1 aliphatic rings. The summed E-state index contributed by atoms with van der Waals surface area (Å²) in [6.07, 6.45) is 3.41. The van der Waals surface area contributed by atoms with E-state index in [1.807, 2.05) is 0 Å². The van der Waals surface area contributed by atoms with Crippen molar-refractivity contribution in [1.82, 2.24) is 0 Å². The SMILES string of the molecule is CC(C)(C)C1CCC[C@@H]1O. The van der Waals surface area contributed by atoms with E-state index in [1.165, 1.54) is 12.8 Å². The number of hydrogen-bond donors (Lipinski definition) is 1. The van der Waals surface area contributed by atoms with E-state index in [-0.39, 0.29) is 6.10 Å². The molecule has 0 radical (unpaired) electrons. The van der Waals surface area contributed by atoms with Gasteiger partial charge in [-0.2, -0.15) is 0 Å². The molecule has 10 heavy (non-hydrogen) atoms. The minimum Gasteiger partial charge on any atom is -0.393 e. The Morgan fingerprint density at radius 1 is 1.20 bits per heavy atom. The Morgan fingerprint density at radius 3 is 2.00 bits per heavy atom. The molecule has 1 fully saturated rings. The Labute approximate surface area is 63.4 Å². The Bertz CT molecular complexity index is 112. The van der Waals surface area contributed by atoms with Crippen molar-refractivity contribution in [2.24, 2.45) is 11.3 Å². The highest BCUT2D eigenvalue weighted by Crippen LogP contribution is 2.38. The summed E-state index contributed by atoms with van der Waals surface area (Å²) in [4.78, 5) is 0. The Morgan fingerprint density at radius 2 is 1.80 bits per heavy atom. The van der Waals surface area contributed by atoms with Crippen LogP contribution >= 0.6 is 0 Å². The zero-order chi connectivity index (χ0) is 7.78. The molecule has 1 saturated carbocycles. The van der Waals surface area contributed by atoms with Crippen molar-refractivity contribution >= 4 is 0 Å². The summed E-state index contributed by atoms with van der Waals surface area (Å²) in [5.74, 6) is 0.535. The topological polar surface area (TPSA) is 20.2 Å². The highest BCUT2D eigenvalue weighted by molar-refractivity contribution is 4.85. The van der Waals surface area contributed by atoms with Gasteiger partial charge in [0.25, 0.3) is 0 Å². The van der Waals surface area contributed by atoms with E-state index >= 15 is 0 Å². The average Bonchev–Trinajstić information content (AvgIpc) is 2.11. The Kier molecular flexibility index (Phi) is 2.04. The van der Waals surface area contributed by atoms with Crippen molar-refractivity contribution < 1.29 is 5.11 Å². The molecule has 1 rings (SSSR count). The first-order valence-electron chi connectivity index (χ1n) is 4.20. The maximum atomic E-state index is 9.52. The van der Waals surface area contributed by atoms with Crippen molar-refractivity contribution in [1.29, 1.82) is 0 Å². The fourth-order valence-electron chi connectivity index (χ4n) is 1.95. The second-order valence-electron chi connectivity index (χ2n) is 4.47. The molecule has 0 aliphatic heterocycles. The summed E-state index contributed by atoms with van der Waals surface area (Å²) in [7, 11) is 0. The van der Waals surface area contributed by atoms with Crippen LogP contribution in [0.2, 0.25) is 0 Å². The summed E-state index contributed by atoms with van der Waals surface area (Å²) in [5, 5.41) is 9.52. The first-order valence-corrected chi connectivity index (χ1v) is 4.20. The molecule has 0 heterocycles. The van der Waals surface area contributed by atoms with Gasteiger partial charge < -0.3 is 5.11 Å². The van der Waals surface area contributed by atoms with Gasteiger partial charge in [0.1, 0.15) is 0 Å². The van der Waals surface area contributed by atoms with Crippen LogP contribution in [0.4, 0.5) is 0 Å². The largest absolute Gasteiger partial charge is 0.393 e. The van der Waals surface area contributed by atoms with Crippen LogP contribution in [0.25, 0.3) is 0 Å². The maximum Gasteiger partial charge on any atom is 0.0573 e. The van der Waals surface area contributed by atoms with Gasteiger partial charge in [-0.05, 0) is 24.2 Å². The number of aliphatic hydroxyl groups is 1. The molecule has 0 amide bonds. The highest BCUT2D eigenvalue weighted by atomic mass is 16.3. The van der Waals surface area contributed by atoms with Gasteiger partial charge in [-0.25, -0.2) is 0 Å². The Hall–Kier alpha value is -0.0400. The molecular weight excluding hydrogens is 124 g/mol. The van der Waals surface area contributed by atoms with Crippen LogP contribution in [0.5, 0.6) is 0 Å². The van der Waals surface area contributed by atoms with Gasteiger partial charge in [0.15, 0.2) is 0 Å². The van der Waals surface area contributed by atoms with E-state index in [2.05, 4.69) is 20.8 Å². The van der Waals surface area contributed by atoms with Crippen LogP contribution in [0.3, 0.4) is 0 Å². The second-order valence-corrected chi connectivity index (χ2v) is 4.47. The third kappa shape index (κ3) is 1.51. The highest BCUT2D eigenvalue weighted by Gasteiger charge is 2.34. The van der Waals surface area contributed by atoms with Crippen LogP contribution in [-0.2, 0) is 0 Å². The molecule has 1 heteroatoms. The molecule has 0 aromatic rings. The number of aliphatic hydroxyl groups excluding tert-OH is 1. The van der Waals surface area contributed by atoms with Crippen molar-refractivity contribution in [2.45, 2.75) is 46.1 Å². The molecule has 0 bridgehead atoms. The van der Waals surface area contributed by atoms with E-state index in [4.69, 9.17) is 0 Å². The quantitative estimate of drug-likeness (QED) is 0.549. The minimum atomic E-state index is -0.0278. The van der Waals surface area contributed by atoms with Gasteiger partial charge in [-0.1, -0.05) is 27.2 Å². The third-order valence-electron chi connectivity index (χ3n) is 2.59. The predicted molar refractivity (Wildman–Crippen MR) is 42.8 cm³/mol. The van der Waals surface area contributed by atoms with Gasteiger partial charge in [0, 0.05) is 0 Å². The lowest BCUT2D eigenvalue weighted by molar-refractivity contribution is 0.0684. The van der Waals surface area contributed by atoms with Crippen molar-refractivity contribution in [3.8, 4) is 0 Å². The van der Waals surface area contributed by atoms with Gasteiger partial charge in [-0.3, -0.25) is 0 Å². The second kappa shape index (κ2) is 2.54. The first kappa shape index (κ1) is 8.06. The minimum absolute atomic E-state index is 0.0278. The molecule has 1 aliphatic carbocycles. The van der Waals surface area contributed by atoms with Crippen LogP contribution in [0.1, 0.15) is 40.0 Å². The van der Waals surface area contributed by atoms with Crippen LogP contribution in [0, 0.1) is 11.3 Å². The summed E-state index contributed by atoms with van der Waals surface area (Å²) < 4.78 is 0. The monoisotopic (exact) mass is 142 g/mol. The summed E-state index contributed by atoms with van der Waals surface area (Å²) in [5.41, 5.74) is 0.302. The third-order valence-corrected chi connectivity index (χ3v) is 2.59. The van der Waals surface area contributed by atoms with Crippen LogP contribution in [0.15, 0.2) is 0 Å². The van der Waals surface area contributed by atoms with Gasteiger partial charge >= 0.3 is 0 Å². The zero-order valence-corrected chi connectivity index (χ0v) is 7.22. The molecule has 0 saturated heterocycles. The van der Waals surface area contributed by atoms with Gasteiger partial charge in [-0.15, -0.1) is 0 Å². The average molecular weight is 142 g/mol. The van der Waals surface area contributed by atoms with E-state index in [1.54, 1.807) is 0 Å². The van der Waals surface area contributed by atoms with Crippen LogP contribution in [-0.4, -0.2) is 11.2 Å². The number of rotatable bonds is 0. The van der Waals surface area contributed by atoms with E-state index in [0.29, 0.717) is 11.3 Å². The van der Waals surface area contributed by atoms with E-state index in [0.717, 1.165) is 6.42 Å². The van der Waals surface area contributed by atoms with Crippen LogP contribution < -0.4 is 0 Å².